The summed E-state index contributed by atoms with van der Waals surface area (Å²) >= 11 is 0. The van der Waals surface area contributed by atoms with E-state index in [4.69, 9.17) is 10.5 Å². The van der Waals surface area contributed by atoms with Crippen molar-refractivity contribution in [1.82, 2.24) is 16.0 Å². The van der Waals surface area contributed by atoms with Gasteiger partial charge in [0.15, 0.2) is 0 Å². The van der Waals surface area contributed by atoms with Crippen molar-refractivity contribution in [3.05, 3.63) is 35.9 Å². The number of carbonyl (C=O) groups is 3. The quantitative estimate of drug-likeness (QED) is 0.213. The van der Waals surface area contributed by atoms with Gasteiger partial charge in [-0.15, -0.1) is 0 Å². The summed E-state index contributed by atoms with van der Waals surface area (Å²) in [6.07, 6.45) is 6.48. The van der Waals surface area contributed by atoms with E-state index in [-0.39, 0.29) is 41.7 Å². The lowest BCUT2D eigenvalue weighted by molar-refractivity contribution is -0.134. The number of carbonyl (C=O) groups excluding carboxylic acids is 3. The molecule has 1 rings (SSSR count). The van der Waals surface area contributed by atoms with Crippen molar-refractivity contribution in [1.29, 1.82) is 0 Å². The topological polar surface area (TPSA) is 123 Å². The Kier molecular flexibility index (Phi) is 24.6. The molecule has 5 unspecified atom stereocenters. The monoisotopic (exact) mass is 550 g/mol. The Morgan fingerprint density at radius 1 is 0.949 bits per heavy atom. The number of unbranched alkanes of at least 4 members (excludes halogenated alkanes) is 3. The number of likely N-dealkylation sites (N-methyl/N-ethyl adjacent to an activating group) is 1. The largest absolute Gasteiger partial charge is 0.379 e. The highest BCUT2D eigenvalue weighted by molar-refractivity contribution is 5.88. The summed E-state index contributed by atoms with van der Waals surface area (Å²) in [5.74, 6) is -0.640. The van der Waals surface area contributed by atoms with Gasteiger partial charge in [-0.1, -0.05) is 90.6 Å². The van der Waals surface area contributed by atoms with Gasteiger partial charge in [-0.2, -0.15) is 0 Å². The van der Waals surface area contributed by atoms with Crippen LogP contribution in [0.3, 0.4) is 0 Å². The molecule has 5 N–H and O–H groups in total. The van der Waals surface area contributed by atoms with E-state index < -0.39 is 6.04 Å². The normalized spacial score (nSPS) is 14.2. The Labute approximate surface area is 238 Å². The van der Waals surface area contributed by atoms with Crippen molar-refractivity contribution in [2.24, 2.45) is 11.7 Å². The first kappa shape index (κ1) is 38.9. The van der Waals surface area contributed by atoms with E-state index in [9.17, 15) is 14.4 Å². The predicted octanol–water partition coefficient (Wildman–Crippen LogP) is 4.40. The number of ether oxygens (including phenoxy) is 1. The van der Waals surface area contributed by atoms with E-state index in [0.717, 1.165) is 37.7 Å². The maximum absolute atomic E-state index is 13.1. The average molecular weight is 551 g/mol. The van der Waals surface area contributed by atoms with E-state index in [2.05, 4.69) is 29.8 Å². The Balaban J connectivity index is 0. The van der Waals surface area contributed by atoms with Gasteiger partial charge in [0.2, 0.25) is 11.8 Å². The van der Waals surface area contributed by atoms with Crippen LogP contribution in [0.2, 0.25) is 0 Å². The molecular formula is C31H58N4O4. The van der Waals surface area contributed by atoms with Crippen molar-refractivity contribution >= 4 is 17.6 Å². The number of rotatable bonds is 17. The Hall–Kier alpha value is -2.29. The van der Waals surface area contributed by atoms with Crippen molar-refractivity contribution in [2.75, 3.05) is 20.7 Å². The molecule has 8 heteroatoms. The van der Waals surface area contributed by atoms with Crippen LogP contribution in [-0.4, -0.2) is 62.5 Å². The SMILES string of the molecule is CC.CC(=O)C(C)N.CCCCCCNC(=O)C(Cc1ccccc1)NC(=O)C(C)C(OC)C(CCC)NC. The summed E-state index contributed by atoms with van der Waals surface area (Å²) in [6.45, 7) is 13.9. The second-order valence-corrected chi connectivity index (χ2v) is 9.67. The number of nitrogens with two attached hydrogens (primary N) is 1. The summed E-state index contributed by atoms with van der Waals surface area (Å²) < 4.78 is 5.68. The molecule has 0 saturated heterocycles. The first-order chi connectivity index (χ1) is 18.6. The molecule has 0 fully saturated rings. The van der Waals surface area contributed by atoms with Crippen LogP contribution in [0.15, 0.2) is 30.3 Å². The molecule has 1 aromatic carbocycles. The average Bonchev–Trinajstić information content (AvgIpc) is 2.94. The fraction of sp³-hybridized carbons (Fsp3) is 0.710. The molecule has 0 heterocycles. The molecule has 0 saturated carbocycles. The summed E-state index contributed by atoms with van der Waals surface area (Å²) in [5.41, 5.74) is 6.10. The van der Waals surface area contributed by atoms with Gasteiger partial charge in [0.1, 0.15) is 11.8 Å². The zero-order valence-electron chi connectivity index (χ0n) is 26.1. The number of hydrogen-bond acceptors (Lipinski definition) is 6. The van der Waals surface area contributed by atoms with Crippen molar-refractivity contribution in [3.63, 3.8) is 0 Å². The molecule has 0 aliphatic carbocycles. The van der Waals surface area contributed by atoms with Crippen LogP contribution in [0.4, 0.5) is 0 Å². The third kappa shape index (κ3) is 17.8. The van der Waals surface area contributed by atoms with E-state index in [0.29, 0.717) is 13.0 Å². The number of amides is 2. The van der Waals surface area contributed by atoms with Gasteiger partial charge >= 0.3 is 0 Å². The van der Waals surface area contributed by atoms with Crippen LogP contribution in [0.5, 0.6) is 0 Å². The van der Waals surface area contributed by atoms with E-state index in [1.807, 2.05) is 58.2 Å². The Morgan fingerprint density at radius 2 is 1.54 bits per heavy atom. The maximum atomic E-state index is 13.1. The van der Waals surface area contributed by atoms with Crippen LogP contribution in [0, 0.1) is 5.92 Å². The molecule has 0 bridgehead atoms. The summed E-state index contributed by atoms with van der Waals surface area (Å²) in [4.78, 5) is 36.0. The van der Waals surface area contributed by atoms with E-state index in [1.54, 1.807) is 14.0 Å². The fourth-order valence-corrected chi connectivity index (χ4v) is 3.90. The summed E-state index contributed by atoms with van der Waals surface area (Å²) in [7, 11) is 3.53. The first-order valence-electron chi connectivity index (χ1n) is 14.7. The predicted molar refractivity (Wildman–Crippen MR) is 163 cm³/mol. The third-order valence-electron chi connectivity index (χ3n) is 6.43. The van der Waals surface area contributed by atoms with Crippen LogP contribution in [-0.2, 0) is 25.5 Å². The molecule has 0 spiro atoms. The number of methoxy groups -OCH3 is 1. The van der Waals surface area contributed by atoms with Crippen LogP contribution >= 0.6 is 0 Å². The minimum absolute atomic E-state index is 0.0370. The molecule has 0 aliphatic heterocycles. The number of benzene rings is 1. The lowest BCUT2D eigenvalue weighted by atomic mass is 9.93. The van der Waals surface area contributed by atoms with Crippen LogP contribution < -0.4 is 21.7 Å². The summed E-state index contributed by atoms with van der Waals surface area (Å²) in [6, 6.07) is 8.98. The highest BCUT2D eigenvalue weighted by Crippen LogP contribution is 2.16. The van der Waals surface area contributed by atoms with Gasteiger partial charge < -0.3 is 26.4 Å². The first-order valence-corrected chi connectivity index (χ1v) is 14.7. The molecule has 2 amide bonds. The van der Waals surface area contributed by atoms with Gasteiger partial charge in [0.05, 0.1) is 18.1 Å². The molecule has 39 heavy (non-hydrogen) atoms. The molecule has 226 valence electrons. The molecule has 0 aromatic heterocycles. The number of hydrogen-bond donors (Lipinski definition) is 4. The van der Waals surface area contributed by atoms with Crippen molar-refractivity contribution in [2.45, 2.75) is 118 Å². The molecule has 0 aliphatic rings. The summed E-state index contributed by atoms with van der Waals surface area (Å²) in [5, 5.41) is 9.27. The molecule has 8 nitrogen and oxygen atoms in total. The standard InChI is InChI=1S/C25H43N3O3.C4H9NO.C2H6/c1-6-8-9-13-17-27-25(30)22(18-20-15-11-10-12-16-20)28-24(29)19(3)23(31-5)21(26-4)14-7-2;1-3(5)4(2)6;1-2/h10-12,15-16,19,21-23,26H,6-9,13-14,17-18H2,1-5H3,(H,27,30)(H,28,29);3H,5H2,1-2H3;1-2H3. The number of nitrogens with one attached hydrogen (secondary N) is 3. The smallest absolute Gasteiger partial charge is 0.242 e. The zero-order valence-corrected chi connectivity index (χ0v) is 26.1. The molecule has 1 aromatic rings. The van der Waals surface area contributed by atoms with E-state index in [1.165, 1.54) is 13.3 Å². The Morgan fingerprint density at radius 3 is 2.00 bits per heavy atom. The van der Waals surface area contributed by atoms with Crippen molar-refractivity contribution < 1.29 is 19.1 Å². The third-order valence-corrected chi connectivity index (χ3v) is 6.43. The van der Waals surface area contributed by atoms with Crippen LogP contribution in [0.25, 0.3) is 0 Å². The fourth-order valence-electron chi connectivity index (χ4n) is 3.90. The van der Waals surface area contributed by atoms with Gasteiger partial charge in [-0.25, -0.2) is 0 Å². The highest BCUT2D eigenvalue weighted by Gasteiger charge is 2.32. The minimum Gasteiger partial charge on any atom is -0.379 e. The lowest BCUT2D eigenvalue weighted by Crippen LogP contribution is -2.53. The number of Topliss-reactive ketones (excluding diaryl/α,β-unsaturated/α-hetero) is 1. The van der Waals surface area contributed by atoms with Gasteiger partial charge in [0, 0.05) is 26.1 Å². The van der Waals surface area contributed by atoms with Gasteiger partial charge in [-0.3, -0.25) is 14.4 Å². The maximum Gasteiger partial charge on any atom is 0.242 e. The molecular weight excluding hydrogens is 492 g/mol. The second kappa shape index (κ2) is 24.7. The van der Waals surface area contributed by atoms with Crippen LogP contribution in [0.1, 0.15) is 92.6 Å². The second-order valence-electron chi connectivity index (χ2n) is 9.67. The number of ketones is 1. The highest BCUT2D eigenvalue weighted by atomic mass is 16.5. The Bertz CT molecular complexity index is 758. The van der Waals surface area contributed by atoms with Gasteiger partial charge in [0.25, 0.3) is 0 Å². The lowest BCUT2D eigenvalue weighted by Gasteiger charge is -2.31. The minimum atomic E-state index is -0.611. The molecule has 0 radical (unpaired) electrons. The van der Waals surface area contributed by atoms with E-state index >= 15 is 0 Å². The van der Waals surface area contributed by atoms with Crippen molar-refractivity contribution in [3.8, 4) is 0 Å². The zero-order chi connectivity index (χ0) is 30.2. The van der Waals surface area contributed by atoms with Gasteiger partial charge in [-0.05, 0) is 39.3 Å². The molecule has 5 atom stereocenters.